The van der Waals surface area contributed by atoms with E-state index >= 15 is 0 Å². The Bertz CT molecular complexity index is 1260. The zero-order valence-corrected chi connectivity index (χ0v) is 15.8. The first-order chi connectivity index (χ1) is 13.9. The number of hydrogen-bond donors (Lipinski definition) is 3. The average Bonchev–Trinajstić information content (AvgIpc) is 3.30. The molecule has 0 aliphatic heterocycles. The summed E-state index contributed by atoms with van der Waals surface area (Å²) in [5.41, 5.74) is 7.04. The van der Waals surface area contributed by atoms with Crippen LogP contribution in [0.5, 0.6) is 0 Å². The Hall–Kier alpha value is -3.77. The van der Waals surface area contributed by atoms with E-state index in [4.69, 9.17) is 5.73 Å². The predicted molar refractivity (Wildman–Crippen MR) is 106 cm³/mol. The number of anilines is 1. The molecule has 0 fully saturated rings. The molecular weight excluding hydrogens is 373 g/mol. The highest BCUT2D eigenvalue weighted by atomic mass is 19.1. The number of nitrogens with one attached hydrogen (secondary N) is 1. The van der Waals surface area contributed by atoms with Crippen molar-refractivity contribution in [3.8, 4) is 17.7 Å². The molecule has 29 heavy (non-hydrogen) atoms. The van der Waals surface area contributed by atoms with E-state index in [9.17, 15) is 9.50 Å². The molecule has 3 aromatic heterocycles. The van der Waals surface area contributed by atoms with Gasteiger partial charge in [0.25, 0.3) is 0 Å². The molecule has 0 aliphatic carbocycles. The van der Waals surface area contributed by atoms with Gasteiger partial charge in [-0.3, -0.25) is 5.10 Å². The van der Waals surface area contributed by atoms with Crippen LogP contribution in [0, 0.1) is 18.8 Å². The van der Waals surface area contributed by atoms with Crippen molar-refractivity contribution in [1.29, 1.82) is 0 Å². The van der Waals surface area contributed by atoms with Gasteiger partial charge >= 0.3 is 0 Å². The summed E-state index contributed by atoms with van der Waals surface area (Å²) in [5.74, 6) is 6.30. The molecule has 0 saturated heterocycles. The molecule has 1 atom stereocenters. The van der Waals surface area contributed by atoms with Crippen LogP contribution in [0.4, 0.5) is 10.3 Å². The number of alkyl halides is 1. The highest BCUT2D eigenvalue weighted by Gasteiger charge is 2.23. The largest absolute Gasteiger partial charge is 0.372 e. The first-order valence-electron chi connectivity index (χ1n) is 8.82. The fourth-order valence-electron chi connectivity index (χ4n) is 2.94. The fourth-order valence-corrected chi connectivity index (χ4v) is 2.94. The molecule has 9 heteroatoms. The summed E-state index contributed by atoms with van der Waals surface area (Å²) in [7, 11) is 0. The minimum Gasteiger partial charge on any atom is -0.372 e. The van der Waals surface area contributed by atoms with Crippen LogP contribution in [0.1, 0.15) is 29.6 Å². The monoisotopic (exact) mass is 391 g/mol. The second-order valence-corrected chi connectivity index (χ2v) is 6.76. The lowest BCUT2D eigenvalue weighted by Crippen LogP contribution is -2.19. The summed E-state index contributed by atoms with van der Waals surface area (Å²) in [5, 5.41) is 22.4. The number of aromatic amines is 1. The number of nitrogen functional groups attached to an aromatic ring is 1. The van der Waals surface area contributed by atoms with Gasteiger partial charge in [-0.2, -0.15) is 15.2 Å². The Morgan fingerprint density at radius 2 is 2.14 bits per heavy atom. The predicted octanol–water partition coefficient (Wildman–Crippen LogP) is 2.16. The van der Waals surface area contributed by atoms with Crippen molar-refractivity contribution < 1.29 is 9.50 Å². The summed E-state index contributed by atoms with van der Waals surface area (Å²) < 4.78 is 15.0. The summed E-state index contributed by atoms with van der Waals surface area (Å²) in [6.07, 6.45) is 1.51. The SMILES string of the molecule is Cc1cc([C@](C)(O)C#Cc2ccc3c(CF)nn(-c4ccnc(N)n4)c3c2)n[nH]1. The van der Waals surface area contributed by atoms with E-state index in [1.54, 1.807) is 37.3 Å². The number of nitrogens with zero attached hydrogens (tertiary/aromatic N) is 5. The molecule has 4 aromatic rings. The van der Waals surface area contributed by atoms with Gasteiger partial charge in [-0.05, 0) is 38.1 Å². The maximum absolute atomic E-state index is 13.5. The van der Waals surface area contributed by atoms with Crippen molar-refractivity contribution in [2.24, 2.45) is 0 Å². The molecule has 146 valence electrons. The topological polar surface area (TPSA) is 119 Å². The molecule has 0 radical (unpaired) electrons. The number of hydrogen-bond acceptors (Lipinski definition) is 6. The first-order valence-corrected chi connectivity index (χ1v) is 8.82. The Morgan fingerprint density at radius 3 is 2.83 bits per heavy atom. The maximum Gasteiger partial charge on any atom is 0.221 e. The van der Waals surface area contributed by atoms with E-state index in [0.29, 0.717) is 28.0 Å². The molecule has 4 rings (SSSR count). The minimum atomic E-state index is -1.43. The van der Waals surface area contributed by atoms with Crippen molar-refractivity contribution in [3.05, 3.63) is 59.2 Å². The molecular formula is C20H18FN7O. The van der Waals surface area contributed by atoms with E-state index in [1.165, 1.54) is 10.9 Å². The van der Waals surface area contributed by atoms with Gasteiger partial charge in [-0.1, -0.05) is 11.8 Å². The van der Waals surface area contributed by atoms with E-state index < -0.39 is 12.3 Å². The molecule has 0 saturated carbocycles. The smallest absolute Gasteiger partial charge is 0.221 e. The lowest BCUT2D eigenvalue weighted by atomic mass is 10.0. The van der Waals surface area contributed by atoms with Crippen LogP contribution in [0.15, 0.2) is 36.5 Å². The lowest BCUT2D eigenvalue weighted by molar-refractivity contribution is 0.117. The van der Waals surface area contributed by atoms with Gasteiger partial charge in [0.2, 0.25) is 5.95 Å². The second-order valence-electron chi connectivity index (χ2n) is 6.76. The molecule has 0 bridgehead atoms. The number of rotatable bonds is 3. The summed E-state index contributed by atoms with van der Waals surface area (Å²) >= 11 is 0. The highest BCUT2D eigenvalue weighted by Crippen LogP contribution is 2.24. The number of H-pyrrole nitrogens is 1. The van der Waals surface area contributed by atoms with Gasteiger partial charge in [0.1, 0.15) is 18.1 Å². The first kappa shape index (κ1) is 18.6. The third-order valence-electron chi connectivity index (χ3n) is 4.42. The second kappa shape index (κ2) is 7.00. The van der Waals surface area contributed by atoms with Crippen LogP contribution in [-0.2, 0) is 12.3 Å². The number of aryl methyl sites for hydroxylation is 1. The normalized spacial score (nSPS) is 13.1. The Morgan fingerprint density at radius 1 is 1.31 bits per heavy atom. The molecule has 0 spiro atoms. The fraction of sp³-hybridized carbons (Fsp3) is 0.200. The van der Waals surface area contributed by atoms with Gasteiger partial charge in [-0.25, -0.2) is 14.1 Å². The zero-order chi connectivity index (χ0) is 20.6. The molecule has 0 unspecified atom stereocenters. The van der Waals surface area contributed by atoms with Crippen molar-refractivity contribution in [3.63, 3.8) is 0 Å². The third-order valence-corrected chi connectivity index (χ3v) is 4.42. The van der Waals surface area contributed by atoms with Crippen molar-refractivity contribution >= 4 is 16.9 Å². The van der Waals surface area contributed by atoms with Crippen molar-refractivity contribution in [1.82, 2.24) is 29.9 Å². The Balaban J connectivity index is 1.79. The van der Waals surface area contributed by atoms with Gasteiger partial charge in [0.15, 0.2) is 11.4 Å². The van der Waals surface area contributed by atoms with Crippen LogP contribution in [0.25, 0.3) is 16.7 Å². The quantitative estimate of drug-likeness (QED) is 0.461. The number of nitrogens with two attached hydrogens (primary N) is 1. The standard InChI is InChI=1S/C20H18FN7O/c1-12-9-17(26-25-12)20(2,29)7-5-13-3-4-14-15(11-21)27-28(16(14)10-13)18-6-8-23-19(22)24-18/h3-4,6,8-10,29H,11H2,1-2H3,(H,25,26)(H2,22,23,24)/t20-/m1/s1. The summed E-state index contributed by atoms with van der Waals surface area (Å²) in [6.45, 7) is 2.70. The highest BCUT2D eigenvalue weighted by molar-refractivity contribution is 5.84. The van der Waals surface area contributed by atoms with Crippen LogP contribution in [-0.4, -0.2) is 35.1 Å². The molecule has 1 aromatic carbocycles. The van der Waals surface area contributed by atoms with E-state index in [1.807, 2.05) is 6.92 Å². The Labute approximate surface area is 165 Å². The van der Waals surface area contributed by atoms with Crippen molar-refractivity contribution in [2.45, 2.75) is 26.1 Å². The number of fused-ring (bicyclic) bond motifs is 1. The summed E-state index contributed by atoms with van der Waals surface area (Å²) in [6, 6.07) is 8.63. The molecule has 8 nitrogen and oxygen atoms in total. The van der Waals surface area contributed by atoms with Crippen LogP contribution in [0.3, 0.4) is 0 Å². The van der Waals surface area contributed by atoms with Crippen LogP contribution in [0.2, 0.25) is 0 Å². The van der Waals surface area contributed by atoms with Gasteiger partial charge < -0.3 is 10.8 Å². The number of aliphatic hydroxyl groups is 1. The number of halogens is 1. The van der Waals surface area contributed by atoms with Gasteiger partial charge in [0, 0.05) is 28.9 Å². The summed E-state index contributed by atoms with van der Waals surface area (Å²) in [4.78, 5) is 8.02. The third kappa shape index (κ3) is 3.53. The van der Waals surface area contributed by atoms with Gasteiger partial charge in [-0.15, -0.1) is 0 Å². The molecule has 4 N–H and O–H groups in total. The average molecular weight is 391 g/mol. The van der Waals surface area contributed by atoms with E-state index in [2.05, 4.69) is 37.1 Å². The molecule has 3 heterocycles. The molecule has 0 amide bonds. The number of benzene rings is 1. The zero-order valence-electron chi connectivity index (χ0n) is 15.8. The maximum atomic E-state index is 13.5. The van der Waals surface area contributed by atoms with E-state index in [-0.39, 0.29) is 11.6 Å². The van der Waals surface area contributed by atoms with Crippen LogP contribution >= 0.6 is 0 Å². The minimum absolute atomic E-state index is 0.0919. The Kier molecular flexibility index (Phi) is 4.48. The molecule has 0 aliphatic rings. The van der Waals surface area contributed by atoms with Crippen LogP contribution < -0.4 is 5.73 Å². The van der Waals surface area contributed by atoms with E-state index in [0.717, 1.165) is 5.69 Å². The van der Waals surface area contributed by atoms with Gasteiger partial charge in [0.05, 0.1) is 5.52 Å². The van der Waals surface area contributed by atoms with Crippen molar-refractivity contribution in [2.75, 3.05) is 5.73 Å². The number of aromatic nitrogens is 6. The lowest BCUT2D eigenvalue weighted by Gasteiger charge is -2.12.